The van der Waals surface area contributed by atoms with Gasteiger partial charge in [0.1, 0.15) is 0 Å². The molecule has 0 aliphatic heterocycles. The molecule has 2 nitrogen and oxygen atoms in total. The number of nitrogens with one attached hydrogen (secondary N) is 1. The molecule has 19 heavy (non-hydrogen) atoms. The number of hydrogen-bond acceptors (Lipinski definition) is 2. The zero-order valence-electron chi connectivity index (χ0n) is 13.3. The molecule has 2 heteroatoms. The van der Waals surface area contributed by atoms with Crippen LogP contribution in [0.15, 0.2) is 12.1 Å². The first-order valence-electron chi connectivity index (χ1n) is 7.30. The summed E-state index contributed by atoms with van der Waals surface area (Å²) in [7, 11) is 0. The van der Waals surface area contributed by atoms with Crippen molar-refractivity contribution in [3.63, 3.8) is 0 Å². The third-order valence-corrected chi connectivity index (χ3v) is 3.93. The van der Waals surface area contributed by atoms with E-state index in [0.717, 1.165) is 12.8 Å². The Hall–Kier alpha value is -0.860. The van der Waals surface area contributed by atoms with Gasteiger partial charge in [0, 0.05) is 12.6 Å². The summed E-state index contributed by atoms with van der Waals surface area (Å²) in [5, 5.41) is 13.7. The molecule has 0 fully saturated rings. The van der Waals surface area contributed by atoms with Crippen LogP contribution in [0.1, 0.15) is 61.9 Å². The van der Waals surface area contributed by atoms with Crippen molar-refractivity contribution >= 4 is 0 Å². The van der Waals surface area contributed by atoms with Crippen LogP contribution >= 0.6 is 0 Å². The zero-order chi connectivity index (χ0) is 14.6. The normalized spacial score (nSPS) is 16.2. The van der Waals surface area contributed by atoms with Gasteiger partial charge in [0.25, 0.3) is 0 Å². The maximum Gasteiger partial charge on any atom is 0.0743 e. The van der Waals surface area contributed by atoms with Crippen molar-refractivity contribution in [1.82, 2.24) is 5.32 Å². The number of rotatable bonds is 6. The van der Waals surface area contributed by atoms with Crippen molar-refractivity contribution in [3.05, 3.63) is 34.4 Å². The number of aryl methyl sites for hydroxylation is 3. The van der Waals surface area contributed by atoms with Crippen molar-refractivity contribution in [2.75, 3.05) is 6.54 Å². The van der Waals surface area contributed by atoms with Gasteiger partial charge in [-0.2, -0.15) is 0 Å². The highest BCUT2D eigenvalue weighted by atomic mass is 16.3. The fourth-order valence-corrected chi connectivity index (χ4v) is 2.56. The maximum atomic E-state index is 10.2. The molecule has 2 N–H and O–H groups in total. The summed E-state index contributed by atoms with van der Waals surface area (Å²) in [6.45, 7) is 13.3. The van der Waals surface area contributed by atoms with Gasteiger partial charge in [-0.15, -0.1) is 0 Å². The molecule has 0 saturated carbocycles. The Morgan fingerprint density at radius 2 is 1.74 bits per heavy atom. The van der Waals surface area contributed by atoms with Crippen molar-refractivity contribution in [1.29, 1.82) is 0 Å². The molecular weight excluding hydrogens is 234 g/mol. The molecule has 0 spiro atoms. The van der Waals surface area contributed by atoms with E-state index in [9.17, 15) is 5.11 Å². The molecule has 2 atom stereocenters. The highest BCUT2D eigenvalue weighted by Crippen LogP contribution is 2.22. The fourth-order valence-electron chi connectivity index (χ4n) is 2.56. The van der Waals surface area contributed by atoms with Gasteiger partial charge in [0.15, 0.2) is 0 Å². The lowest BCUT2D eigenvalue weighted by Gasteiger charge is -2.26. The molecule has 108 valence electrons. The molecule has 0 bridgehead atoms. The molecule has 1 aromatic carbocycles. The SMILES string of the molecule is CCCC(C)(O)CNC(C)c1cc(C)c(C)cc1C. The Balaban J connectivity index is 2.73. The average molecular weight is 263 g/mol. The highest BCUT2D eigenvalue weighted by Gasteiger charge is 2.20. The summed E-state index contributed by atoms with van der Waals surface area (Å²) in [6.07, 6.45) is 1.84. The minimum absolute atomic E-state index is 0.266. The van der Waals surface area contributed by atoms with Crippen LogP contribution in [0.2, 0.25) is 0 Å². The summed E-state index contributed by atoms with van der Waals surface area (Å²) >= 11 is 0. The molecule has 0 aliphatic carbocycles. The van der Waals surface area contributed by atoms with Gasteiger partial charge < -0.3 is 10.4 Å². The quantitative estimate of drug-likeness (QED) is 0.818. The minimum atomic E-state index is -0.614. The topological polar surface area (TPSA) is 32.3 Å². The number of aliphatic hydroxyl groups is 1. The first-order chi connectivity index (χ1) is 8.76. The van der Waals surface area contributed by atoms with Gasteiger partial charge in [-0.1, -0.05) is 25.5 Å². The number of benzene rings is 1. The predicted octanol–water partition coefficient (Wildman–Crippen LogP) is 3.81. The molecule has 1 aromatic rings. The van der Waals surface area contributed by atoms with E-state index in [2.05, 4.69) is 52.1 Å². The van der Waals surface area contributed by atoms with E-state index in [1.54, 1.807) is 0 Å². The molecule has 0 heterocycles. The van der Waals surface area contributed by atoms with Crippen molar-refractivity contribution < 1.29 is 5.11 Å². The first kappa shape index (κ1) is 16.2. The van der Waals surface area contributed by atoms with Crippen LogP contribution in [0.4, 0.5) is 0 Å². The van der Waals surface area contributed by atoms with Gasteiger partial charge >= 0.3 is 0 Å². The molecule has 0 saturated heterocycles. The van der Waals surface area contributed by atoms with Crippen molar-refractivity contribution in [2.24, 2.45) is 0 Å². The van der Waals surface area contributed by atoms with E-state index < -0.39 is 5.60 Å². The Morgan fingerprint density at radius 3 is 2.32 bits per heavy atom. The standard InChI is InChI=1S/C17H29NO/c1-7-8-17(6,19)11-18-15(5)16-10-13(3)12(2)9-14(16)4/h9-10,15,18-19H,7-8,11H2,1-6H3. The molecule has 0 radical (unpaired) electrons. The third kappa shape index (κ3) is 4.63. The van der Waals surface area contributed by atoms with E-state index >= 15 is 0 Å². The summed E-state index contributed by atoms with van der Waals surface area (Å²) in [5.41, 5.74) is 4.70. The van der Waals surface area contributed by atoms with Crippen molar-refractivity contribution in [3.8, 4) is 0 Å². The molecule has 1 rings (SSSR count). The third-order valence-electron chi connectivity index (χ3n) is 3.93. The highest BCUT2D eigenvalue weighted by molar-refractivity contribution is 5.38. The Morgan fingerprint density at radius 1 is 1.16 bits per heavy atom. The second-order valence-electron chi connectivity index (χ2n) is 6.14. The molecule has 0 amide bonds. The molecule has 0 aliphatic rings. The first-order valence-corrected chi connectivity index (χ1v) is 7.30. The van der Waals surface area contributed by atoms with Crippen molar-refractivity contribution in [2.45, 2.75) is 66.0 Å². The van der Waals surface area contributed by atoms with Gasteiger partial charge in [-0.3, -0.25) is 0 Å². The van der Waals surface area contributed by atoms with Gasteiger partial charge in [0.2, 0.25) is 0 Å². The monoisotopic (exact) mass is 263 g/mol. The molecular formula is C17H29NO. The van der Waals surface area contributed by atoms with Gasteiger partial charge in [-0.25, -0.2) is 0 Å². The average Bonchev–Trinajstić information content (AvgIpc) is 2.31. The Labute approximate surface area is 118 Å². The summed E-state index contributed by atoms with van der Waals surface area (Å²) < 4.78 is 0. The second-order valence-corrected chi connectivity index (χ2v) is 6.14. The lowest BCUT2D eigenvalue weighted by Crippen LogP contribution is -2.38. The van der Waals surface area contributed by atoms with Gasteiger partial charge in [-0.05, 0) is 63.3 Å². The van der Waals surface area contributed by atoms with E-state index in [4.69, 9.17) is 0 Å². The Bertz CT molecular complexity index is 424. The fraction of sp³-hybridized carbons (Fsp3) is 0.647. The lowest BCUT2D eigenvalue weighted by atomic mass is 9.95. The molecule has 2 unspecified atom stereocenters. The summed E-state index contributed by atoms with van der Waals surface area (Å²) in [6, 6.07) is 4.77. The predicted molar refractivity (Wildman–Crippen MR) is 82.6 cm³/mol. The van der Waals surface area contributed by atoms with Crippen LogP contribution in [0.3, 0.4) is 0 Å². The second kappa shape index (κ2) is 6.53. The van der Waals surface area contributed by atoms with Crippen LogP contribution in [-0.4, -0.2) is 17.3 Å². The summed E-state index contributed by atoms with van der Waals surface area (Å²) in [5.74, 6) is 0. The van der Waals surface area contributed by atoms with E-state index in [1.165, 1.54) is 22.3 Å². The smallest absolute Gasteiger partial charge is 0.0743 e. The number of hydrogen-bond donors (Lipinski definition) is 2. The Kier molecular flexibility index (Phi) is 5.57. The zero-order valence-corrected chi connectivity index (χ0v) is 13.3. The minimum Gasteiger partial charge on any atom is -0.389 e. The van der Waals surface area contributed by atoms with Crippen LogP contribution in [0, 0.1) is 20.8 Å². The largest absolute Gasteiger partial charge is 0.389 e. The van der Waals surface area contributed by atoms with Gasteiger partial charge in [0.05, 0.1) is 5.60 Å². The van der Waals surface area contributed by atoms with E-state index in [0.29, 0.717) is 6.54 Å². The maximum absolute atomic E-state index is 10.2. The molecule has 0 aromatic heterocycles. The van der Waals surface area contributed by atoms with Crippen LogP contribution < -0.4 is 5.32 Å². The van der Waals surface area contributed by atoms with E-state index in [-0.39, 0.29) is 6.04 Å². The lowest BCUT2D eigenvalue weighted by molar-refractivity contribution is 0.0476. The summed E-state index contributed by atoms with van der Waals surface area (Å²) in [4.78, 5) is 0. The van der Waals surface area contributed by atoms with E-state index in [1.807, 2.05) is 6.92 Å². The van der Waals surface area contributed by atoms with Crippen LogP contribution in [-0.2, 0) is 0 Å². The van der Waals surface area contributed by atoms with Crippen LogP contribution in [0.25, 0.3) is 0 Å². The van der Waals surface area contributed by atoms with Crippen LogP contribution in [0.5, 0.6) is 0 Å².